The smallest absolute Gasteiger partial charge is 0.311 e. The van der Waals surface area contributed by atoms with Crippen LogP contribution in [0.4, 0.5) is 5.69 Å². The predicted octanol–water partition coefficient (Wildman–Crippen LogP) is 13.9. The second-order valence-corrected chi connectivity index (χ2v) is 21.3. The van der Waals surface area contributed by atoms with Crippen LogP contribution in [-0.2, 0) is 36.9 Å². The van der Waals surface area contributed by atoms with Crippen molar-refractivity contribution in [3.63, 3.8) is 0 Å². The van der Waals surface area contributed by atoms with Gasteiger partial charge in [-0.25, -0.2) is 0 Å². The van der Waals surface area contributed by atoms with Crippen LogP contribution >= 0.6 is 0 Å². The van der Waals surface area contributed by atoms with Gasteiger partial charge in [-0.2, -0.15) is 4.57 Å². The third-order valence-electron chi connectivity index (χ3n) is 14.8. The van der Waals surface area contributed by atoms with Crippen LogP contribution in [0.5, 0.6) is 11.5 Å². The largest absolute Gasteiger partial charge is 0.487 e. The highest BCUT2D eigenvalue weighted by Gasteiger charge is 2.35. The van der Waals surface area contributed by atoms with Gasteiger partial charge in [0.1, 0.15) is 29.4 Å². The van der Waals surface area contributed by atoms with Crippen molar-refractivity contribution in [1.29, 1.82) is 0 Å². The molecule has 382 valence electrons. The van der Waals surface area contributed by atoms with E-state index < -0.39 is 0 Å². The minimum atomic E-state index is -0.379. The molecule has 0 spiro atoms. The van der Waals surface area contributed by atoms with E-state index in [4.69, 9.17) is 14.2 Å². The average molecular weight is 953 g/mol. The Balaban J connectivity index is 1.08. The third kappa shape index (κ3) is 18.2. The van der Waals surface area contributed by atoms with Crippen molar-refractivity contribution in [3.05, 3.63) is 69.6 Å². The van der Waals surface area contributed by atoms with E-state index in [1.54, 1.807) is 13.8 Å². The number of fused-ring (bicyclic) bond motifs is 2. The van der Waals surface area contributed by atoms with Crippen LogP contribution in [-0.4, -0.2) is 36.4 Å². The first-order chi connectivity index (χ1) is 32.9. The van der Waals surface area contributed by atoms with E-state index in [1.807, 2.05) is 38.1 Å². The van der Waals surface area contributed by atoms with Crippen molar-refractivity contribution in [3.8, 4) is 11.5 Å². The number of pyridine rings is 1. The summed E-state index contributed by atoms with van der Waals surface area (Å²) in [6.07, 6.45) is 22.3. The highest BCUT2D eigenvalue weighted by atomic mass is 16.5. The van der Waals surface area contributed by atoms with Crippen molar-refractivity contribution in [2.45, 2.75) is 223 Å². The fourth-order valence-electron chi connectivity index (χ4n) is 9.99. The first-order valence-electron chi connectivity index (χ1n) is 26.7. The van der Waals surface area contributed by atoms with Crippen molar-refractivity contribution in [1.82, 2.24) is 5.32 Å². The lowest BCUT2D eigenvalue weighted by Gasteiger charge is -2.38. The molecule has 0 bridgehead atoms. The normalized spacial score (nSPS) is 15.8. The molecule has 1 aromatic heterocycles. The summed E-state index contributed by atoms with van der Waals surface area (Å²) in [7, 11) is 0. The van der Waals surface area contributed by atoms with Crippen LogP contribution in [0.2, 0.25) is 0 Å². The number of ether oxygens (including phenoxy) is 3. The van der Waals surface area contributed by atoms with E-state index >= 15 is 0 Å². The van der Waals surface area contributed by atoms with E-state index in [0.717, 1.165) is 126 Å². The van der Waals surface area contributed by atoms with Gasteiger partial charge < -0.3 is 24.8 Å². The Morgan fingerprint density at radius 2 is 1.41 bits per heavy atom. The number of esters is 1. The molecular formula is C59H90N3O7+. The second kappa shape index (κ2) is 28.8. The van der Waals surface area contributed by atoms with Crippen molar-refractivity contribution < 1.29 is 38.0 Å². The zero-order chi connectivity index (χ0) is 50.5. The monoisotopic (exact) mass is 953 g/mol. The van der Waals surface area contributed by atoms with Crippen LogP contribution in [0.25, 0.3) is 10.9 Å². The molecule has 2 amide bonds. The van der Waals surface area contributed by atoms with Gasteiger partial charge in [-0.3, -0.25) is 19.2 Å². The third-order valence-corrected chi connectivity index (χ3v) is 14.8. The van der Waals surface area contributed by atoms with Crippen LogP contribution in [0.1, 0.15) is 205 Å². The number of aryl methyl sites for hydroxylation is 2. The average Bonchev–Trinajstić information content (AvgIpc) is 3.31. The maximum absolute atomic E-state index is 13.1. The van der Waals surface area contributed by atoms with E-state index in [1.165, 1.54) is 70.6 Å². The summed E-state index contributed by atoms with van der Waals surface area (Å²) in [4.78, 5) is 49.3. The number of nitrogens with zero attached hydrogens (tertiary/aromatic N) is 1. The number of allylic oxidation sites excluding steroid dienone is 1. The lowest BCUT2D eigenvalue weighted by atomic mass is 9.83. The van der Waals surface area contributed by atoms with Crippen molar-refractivity contribution >= 4 is 40.8 Å². The molecule has 2 heterocycles. The van der Waals surface area contributed by atoms with Gasteiger partial charge in [-0.1, -0.05) is 117 Å². The fourth-order valence-corrected chi connectivity index (χ4v) is 9.99. The van der Waals surface area contributed by atoms with Crippen molar-refractivity contribution in [2.24, 2.45) is 17.8 Å². The number of rotatable bonds is 31. The van der Waals surface area contributed by atoms with Gasteiger partial charge in [0.25, 0.3) is 12.4 Å². The summed E-state index contributed by atoms with van der Waals surface area (Å²) >= 11 is 0. The Hall–Kier alpha value is -4.73. The number of hydrogen-bond donors (Lipinski definition) is 2. The molecule has 4 rings (SSSR count). The summed E-state index contributed by atoms with van der Waals surface area (Å²) in [5.41, 5.74) is 7.09. The van der Waals surface area contributed by atoms with Crippen molar-refractivity contribution in [2.75, 3.05) is 11.9 Å². The minimum absolute atomic E-state index is 0.0424. The molecule has 10 nitrogen and oxygen atoms in total. The Labute approximate surface area is 416 Å². The molecule has 0 saturated heterocycles. The van der Waals surface area contributed by atoms with Gasteiger partial charge >= 0.3 is 5.97 Å². The summed E-state index contributed by atoms with van der Waals surface area (Å²) in [5, 5.41) is 6.96. The SMILES string of the molecule is C/C(OC=O)=C(\C)C(=O)Nc1cc(C)[n+](CCCCCCCCCCNC(=O)CCC(=O)Oc2c(C)c(C)c3c(c2C)CCC(C)(CCCC(C)CCCC(C)CCCC(C)C)O3)c2ccccc12. The molecule has 10 heteroatoms. The molecule has 0 saturated carbocycles. The highest BCUT2D eigenvalue weighted by Crippen LogP contribution is 2.45. The zero-order valence-corrected chi connectivity index (χ0v) is 44.8. The number of carbonyl (C=O) groups excluding carboxylic acids is 4. The summed E-state index contributed by atoms with van der Waals surface area (Å²) in [6.45, 7) is 25.0. The molecule has 2 N–H and O–H groups in total. The lowest BCUT2D eigenvalue weighted by Crippen LogP contribution is -2.38. The predicted molar refractivity (Wildman–Crippen MR) is 281 cm³/mol. The van der Waals surface area contributed by atoms with Gasteiger partial charge in [0.2, 0.25) is 11.4 Å². The molecule has 2 aromatic carbocycles. The maximum atomic E-state index is 13.1. The number of benzene rings is 2. The first-order valence-corrected chi connectivity index (χ1v) is 26.7. The molecule has 0 aliphatic carbocycles. The molecule has 3 atom stereocenters. The molecule has 0 radical (unpaired) electrons. The number of hydrogen-bond acceptors (Lipinski definition) is 7. The quantitative estimate of drug-likeness (QED) is 0.0125. The van der Waals surface area contributed by atoms with Gasteiger partial charge in [-0.15, -0.1) is 0 Å². The molecule has 69 heavy (non-hydrogen) atoms. The maximum Gasteiger partial charge on any atom is 0.311 e. The second-order valence-electron chi connectivity index (χ2n) is 21.3. The molecule has 1 aliphatic heterocycles. The topological polar surface area (TPSA) is 124 Å². The summed E-state index contributed by atoms with van der Waals surface area (Å²) < 4.78 is 20.0. The number of amides is 2. The van der Waals surface area contributed by atoms with E-state index in [2.05, 4.69) is 69.7 Å². The van der Waals surface area contributed by atoms with E-state index in [9.17, 15) is 19.2 Å². The number of unbranched alkanes of at least 4 members (excludes halogenated alkanes) is 7. The Morgan fingerprint density at radius 3 is 2.07 bits per heavy atom. The molecule has 3 unspecified atom stereocenters. The van der Waals surface area contributed by atoms with Crippen LogP contribution in [0.15, 0.2) is 41.7 Å². The van der Waals surface area contributed by atoms with Gasteiger partial charge in [0.05, 0.1) is 23.1 Å². The van der Waals surface area contributed by atoms with Gasteiger partial charge in [-0.05, 0) is 121 Å². The highest BCUT2D eigenvalue weighted by molar-refractivity contribution is 6.07. The van der Waals surface area contributed by atoms with E-state index in [-0.39, 0.29) is 42.0 Å². The van der Waals surface area contributed by atoms with Gasteiger partial charge in [0, 0.05) is 44.0 Å². The van der Waals surface area contributed by atoms with Crippen LogP contribution < -0.4 is 24.7 Å². The number of anilines is 1. The fraction of sp³-hybridized carbons (Fsp3) is 0.644. The molecule has 1 aliphatic rings. The van der Waals surface area contributed by atoms with E-state index in [0.29, 0.717) is 24.3 Å². The first kappa shape index (κ1) is 56.9. The Morgan fingerprint density at radius 1 is 0.783 bits per heavy atom. The number of carbonyl (C=O) groups is 4. The standard InChI is InChI=1S/C59H89N3O7/c1-41(2)25-22-26-42(3)27-23-28-43(4)29-24-35-59(11)36-34-50-48(9)56(45(6)46(7)57(50)69-59)68-55(65)33-32-54(64)60-37-20-16-14-12-13-15-17-21-38-62-44(5)39-52(51-30-18-19-31-53(51)62)61-58(66)47(8)49(10)67-40-63/h18-19,30-31,39-43H,12-17,20-29,32-38H2,1-11H3,(H,60,64)/p+1/b49-47-. The van der Waals surface area contributed by atoms with Gasteiger partial charge in [0.15, 0.2) is 5.69 Å². The Bertz CT molecular complexity index is 2190. The molecule has 3 aromatic rings. The molecular weight excluding hydrogens is 863 g/mol. The Kier molecular flexibility index (Phi) is 23.7. The zero-order valence-electron chi connectivity index (χ0n) is 44.8. The van der Waals surface area contributed by atoms with Crippen LogP contribution in [0.3, 0.4) is 0 Å². The minimum Gasteiger partial charge on any atom is -0.487 e. The number of aromatic nitrogens is 1. The number of nitrogens with one attached hydrogen (secondary N) is 2. The summed E-state index contributed by atoms with van der Waals surface area (Å²) in [6, 6.07) is 10.1. The number of para-hydroxylation sites is 1. The molecule has 0 fully saturated rings. The lowest BCUT2D eigenvalue weighted by molar-refractivity contribution is -0.677. The summed E-state index contributed by atoms with van der Waals surface area (Å²) in [5.74, 6) is 3.44. The van der Waals surface area contributed by atoms with Crippen LogP contribution in [0, 0.1) is 45.4 Å².